The molecule has 21 heavy (non-hydrogen) atoms. The van der Waals surface area contributed by atoms with Crippen LogP contribution in [0.25, 0.3) is 0 Å². The van der Waals surface area contributed by atoms with E-state index >= 15 is 0 Å². The molecule has 0 unspecified atom stereocenters. The van der Waals surface area contributed by atoms with Gasteiger partial charge in [0.25, 0.3) is 0 Å². The SMILES string of the molecule is CC1(C)OB(c2ccnc(C3CCOCC3)n2)OC1(C)C. The molecule has 2 saturated heterocycles. The summed E-state index contributed by atoms with van der Waals surface area (Å²) in [5.74, 6) is 1.26. The number of aromatic nitrogens is 2. The highest BCUT2D eigenvalue weighted by Gasteiger charge is 2.52. The first kappa shape index (κ1) is 14.9. The molecule has 0 amide bonds. The molecule has 114 valence electrons. The number of ether oxygens (including phenoxy) is 1. The molecule has 1 aromatic heterocycles. The highest BCUT2D eigenvalue weighted by Crippen LogP contribution is 2.36. The van der Waals surface area contributed by atoms with E-state index in [4.69, 9.17) is 19.0 Å². The van der Waals surface area contributed by atoms with E-state index < -0.39 is 7.12 Å². The van der Waals surface area contributed by atoms with Crippen LogP contribution in [-0.2, 0) is 14.0 Å². The van der Waals surface area contributed by atoms with Crippen LogP contribution in [0.3, 0.4) is 0 Å². The third-order valence-electron chi connectivity index (χ3n) is 4.78. The molecule has 0 saturated carbocycles. The summed E-state index contributed by atoms with van der Waals surface area (Å²) in [6.45, 7) is 9.77. The van der Waals surface area contributed by atoms with Crippen molar-refractivity contribution < 1.29 is 14.0 Å². The second-order valence-corrected chi connectivity index (χ2v) is 6.81. The van der Waals surface area contributed by atoms with Gasteiger partial charge in [-0.05, 0) is 46.6 Å². The zero-order valence-corrected chi connectivity index (χ0v) is 13.3. The molecule has 0 atom stereocenters. The van der Waals surface area contributed by atoms with E-state index in [1.807, 2.05) is 33.8 Å². The highest BCUT2D eigenvalue weighted by atomic mass is 16.7. The maximum atomic E-state index is 6.06. The van der Waals surface area contributed by atoms with Crippen molar-refractivity contribution in [3.8, 4) is 0 Å². The zero-order valence-electron chi connectivity index (χ0n) is 13.3. The summed E-state index contributed by atoms with van der Waals surface area (Å²) in [5.41, 5.74) is 0.119. The van der Waals surface area contributed by atoms with Crippen LogP contribution >= 0.6 is 0 Å². The molecular formula is C15H23BN2O3. The van der Waals surface area contributed by atoms with Crippen LogP contribution in [0.2, 0.25) is 0 Å². The van der Waals surface area contributed by atoms with Crippen LogP contribution in [0.4, 0.5) is 0 Å². The van der Waals surface area contributed by atoms with Gasteiger partial charge in [-0.15, -0.1) is 0 Å². The number of nitrogens with zero attached hydrogens (tertiary/aromatic N) is 2. The van der Waals surface area contributed by atoms with E-state index in [1.54, 1.807) is 6.20 Å². The summed E-state index contributed by atoms with van der Waals surface area (Å²) in [6.07, 6.45) is 3.76. The summed E-state index contributed by atoms with van der Waals surface area (Å²) < 4.78 is 17.5. The molecule has 0 bridgehead atoms. The Morgan fingerprint density at radius 3 is 2.33 bits per heavy atom. The molecule has 0 radical (unpaired) electrons. The van der Waals surface area contributed by atoms with E-state index in [0.29, 0.717) is 5.92 Å². The first-order valence-corrected chi connectivity index (χ1v) is 7.65. The molecule has 3 rings (SSSR count). The van der Waals surface area contributed by atoms with Crippen molar-refractivity contribution in [2.75, 3.05) is 13.2 Å². The molecule has 1 aromatic rings. The quantitative estimate of drug-likeness (QED) is 0.776. The maximum absolute atomic E-state index is 6.06. The van der Waals surface area contributed by atoms with Gasteiger partial charge in [-0.3, -0.25) is 0 Å². The fourth-order valence-corrected chi connectivity index (χ4v) is 2.64. The van der Waals surface area contributed by atoms with E-state index in [2.05, 4.69) is 4.98 Å². The van der Waals surface area contributed by atoms with Crippen molar-refractivity contribution >= 4 is 12.7 Å². The molecule has 6 heteroatoms. The first-order valence-electron chi connectivity index (χ1n) is 7.65. The zero-order chi connectivity index (χ0) is 15.1. The molecule has 0 aliphatic carbocycles. The largest absolute Gasteiger partial charge is 0.514 e. The average Bonchev–Trinajstić information content (AvgIpc) is 2.69. The second kappa shape index (κ2) is 5.34. The molecule has 2 aliphatic heterocycles. The minimum Gasteiger partial charge on any atom is -0.398 e. The predicted octanol–water partition coefficient (Wildman–Crippen LogP) is 1.67. The summed E-state index contributed by atoms with van der Waals surface area (Å²) in [4.78, 5) is 9.12. The Labute approximate surface area is 126 Å². The third kappa shape index (κ3) is 2.85. The summed E-state index contributed by atoms with van der Waals surface area (Å²) in [7, 11) is -0.420. The van der Waals surface area contributed by atoms with Crippen molar-refractivity contribution in [3.05, 3.63) is 18.1 Å². The average molecular weight is 290 g/mol. The standard InChI is InChI=1S/C15H23BN2O3/c1-14(2)15(3,4)21-16(20-14)12-5-8-17-13(18-12)11-6-9-19-10-7-11/h5,8,11H,6-7,9-10H2,1-4H3. The molecule has 0 N–H and O–H groups in total. The molecular weight excluding hydrogens is 267 g/mol. The molecule has 0 aromatic carbocycles. The van der Waals surface area contributed by atoms with Crippen LogP contribution in [0, 0.1) is 0 Å². The fourth-order valence-electron chi connectivity index (χ4n) is 2.64. The van der Waals surface area contributed by atoms with Gasteiger partial charge in [0.2, 0.25) is 0 Å². The van der Waals surface area contributed by atoms with Crippen LogP contribution in [-0.4, -0.2) is 41.5 Å². The van der Waals surface area contributed by atoms with Crippen molar-refractivity contribution in [1.29, 1.82) is 0 Å². The number of hydrogen-bond donors (Lipinski definition) is 0. The van der Waals surface area contributed by atoms with E-state index in [0.717, 1.165) is 37.5 Å². The topological polar surface area (TPSA) is 53.5 Å². The van der Waals surface area contributed by atoms with E-state index in [9.17, 15) is 0 Å². The lowest BCUT2D eigenvalue weighted by molar-refractivity contribution is 0.00578. The summed E-state index contributed by atoms with van der Waals surface area (Å²) in [6, 6.07) is 1.88. The predicted molar refractivity (Wildman–Crippen MR) is 80.5 cm³/mol. The van der Waals surface area contributed by atoms with Gasteiger partial charge in [-0.1, -0.05) is 0 Å². The molecule has 2 aliphatic rings. The number of hydrogen-bond acceptors (Lipinski definition) is 5. The lowest BCUT2D eigenvalue weighted by Crippen LogP contribution is -2.41. The van der Waals surface area contributed by atoms with Crippen LogP contribution < -0.4 is 5.59 Å². The molecule has 5 nitrogen and oxygen atoms in total. The lowest BCUT2D eigenvalue weighted by atomic mass is 9.84. The Bertz CT molecular complexity index is 499. The Kier molecular flexibility index (Phi) is 3.80. The minimum atomic E-state index is -0.420. The van der Waals surface area contributed by atoms with Gasteiger partial charge in [0.05, 0.1) is 16.8 Å². The maximum Gasteiger partial charge on any atom is 0.514 e. The summed E-state index contributed by atoms with van der Waals surface area (Å²) in [5, 5.41) is 0. The monoisotopic (exact) mass is 290 g/mol. The van der Waals surface area contributed by atoms with Gasteiger partial charge in [0.15, 0.2) is 0 Å². The Morgan fingerprint density at radius 1 is 1.10 bits per heavy atom. The van der Waals surface area contributed by atoms with Gasteiger partial charge < -0.3 is 14.0 Å². The van der Waals surface area contributed by atoms with Gasteiger partial charge in [-0.25, -0.2) is 9.97 Å². The Morgan fingerprint density at radius 2 is 1.71 bits per heavy atom. The fraction of sp³-hybridized carbons (Fsp3) is 0.733. The van der Waals surface area contributed by atoms with Crippen molar-refractivity contribution in [2.24, 2.45) is 0 Å². The van der Waals surface area contributed by atoms with Gasteiger partial charge in [-0.2, -0.15) is 0 Å². The third-order valence-corrected chi connectivity index (χ3v) is 4.78. The smallest absolute Gasteiger partial charge is 0.398 e. The minimum absolute atomic E-state index is 0.346. The highest BCUT2D eigenvalue weighted by molar-refractivity contribution is 6.61. The molecule has 2 fully saturated rings. The van der Waals surface area contributed by atoms with Gasteiger partial charge in [0, 0.05) is 25.3 Å². The van der Waals surface area contributed by atoms with Crippen molar-refractivity contribution in [2.45, 2.75) is 57.7 Å². The van der Waals surface area contributed by atoms with Crippen molar-refractivity contribution in [1.82, 2.24) is 9.97 Å². The molecule has 0 spiro atoms. The van der Waals surface area contributed by atoms with E-state index in [1.165, 1.54) is 0 Å². The van der Waals surface area contributed by atoms with Crippen LogP contribution in [0.5, 0.6) is 0 Å². The summed E-state index contributed by atoms with van der Waals surface area (Å²) >= 11 is 0. The Hall–Kier alpha value is -0.975. The Balaban J connectivity index is 1.81. The number of rotatable bonds is 2. The lowest BCUT2D eigenvalue weighted by Gasteiger charge is -2.32. The van der Waals surface area contributed by atoms with Gasteiger partial charge >= 0.3 is 7.12 Å². The first-order chi connectivity index (χ1) is 9.89. The van der Waals surface area contributed by atoms with Gasteiger partial charge in [0.1, 0.15) is 5.82 Å². The van der Waals surface area contributed by atoms with Crippen LogP contribution in [0.1, 0.15) is 52.3 Å². The molecule has 3 heterocycles. The second-order valence-electron chi connectivity index (χ2n) is 6.81. The normalized spacial score (nSPS) is 25.2. The van der Waals surface area contributed by atoms with Crippen molar-refractivity contribution in [3.63, 3.8) is 0 Å². The van der Waals surface area contributed by atoms with E-state index in [-0.39, 0.29) is 11.2 Å². The van der Waals surface area contributed by atoms with Crippen LogP contribution in [0.15, 0.2) is 12.3 Å².